The fourth-order valence-corrected chi connectivity index (χ4v) is 5.73. The molecule has 18 heteroatoms. The van der Waals surface area contributed by atoms with Crippen molar-refractivity contribution >= 4 is 40.2 Å². The van der Waals surface area contributed by atoms with Crippen LogP contribution in [-0.4, -0.2) is 127 Å². The number of nitrogens with two attached hydrogens (primary N) is 5. The number of para-hydroxylation sites is 1. The molecule has 3 aromatic rings. The van der Waals surface area contributed by atoms with Crippen molar-refractivity contribution in [1.82, 2.24) is 25.0 Å². The lowest BCUT2D eigenvalue weighted by Gasteiger charge is -2.29. The van der Waals surface area contributed by atoms with Crippen LogP contribution in [-0.2, 0) is 31.8 Å². The van der Waals surface area contributed by atoms with Crippen LogP contribution in [0, 0.1) is 0 Å². The van der Waals surface area contributed by atoms with E-state index in [2.05, 4.69) is 15.6 Å². The third-order valence-electron chi connectivity index (χ3n) is 8.56. The van der Waals surface area contributed by atoms with E-state index in [1.807, 2.05) is 24.3 Å². The Hall–Kier alpha value is -4.72. The summed E-state index contributed by atoms with van der Waals surface area (Å²) in [7, 11) is 0. The highest BCUT2D eigenvalue weighted by Gasteiger charge is 2.31. The molecule has 4 amide bonds. The van der Waals surface area contributed by atoms with Crippen molar-refractivity contribution in [3.8, 4) is 0 Å². The van der Waals surface area contributed by atoms with E-state index in [-0.39, 0.29) is 103 Å². The highest BCUT2D eigenvalue weighted by Crippen LogP contribution is 2.29. The fourth-order valence-electron chi connectivity index (χ4n) is 5.73. The lowest BCUT2D eigenvalue weighted by molar-refractivity contribution is -0.138. The van der Waals surface area contributed by atoms with E-state index in [1.165, 1.54) is 28.1 Å². The molecule has 1 aromatic heterocycles. The maximum absolute atomic E-state index is 13.6. The number of halogens is 3. The molecule has 2 aromatic carbocycles. The fraction of sp³-hybridized carbons (Fsp3) is 0.472. The molecule has 54 heavy (non-hydrogen) atoms. The molecule has 0 spiro atoms. The zero-order valence-electron chi connectivity index (χ0n) is 30.3. The predicted molar refractivity (Wildman–Crippen MR) is 200 cm³/mol. The summed E-state index contributed by atoms with van der Waals surface area (Å²) in [4.78, 5) is 62.3. The highest BCUT2D eigenvalue weighted by atomic mass is 19.4. The Bertz CT molecular complexity index is 1620. The van der Waals surface area contributed by atoms with Gasteiger partial charge in [-0.2, -0.15) is 13.2 Å². The Morgan fingerprint density at radius 3 is 1.85 bits per heavy atom. The molecule has 0 aliphatic heterocycles. The minimum atomic E-state index is -4.54. The Labute approximate surface area is 312 Å². The van der Waals surface area contributed by atoms with Gasteiger partial charge in [-0.05, 0) is 49.2 Å². The Balaban J connectivity index is 1.73. The van der Waals surface area contributed by atoms with Crippen LogP contribution in [0.4, 0.5) is 18.9 Å². The minimum absolute atomic E-state index is 0.110. The van der Waals surface area contributed by atoms with Crippen LogP contribution in [0.25, 0.3) is 10.9 Å². The number of fused-ring (bicyclic) bond motifs is 1. The van der Waals surface area contributed by atoms with Crippen molar-refractivity contribution in [2.45, 2.75) is 37.5 Å². The van der Waals surface area contributed by atoms with Gasteiger partial charge in [-0.25, -0.2) is 0 Å². The first kappa shape index (κ1) is 43.7. The molecule has 0 aliphatic carbocycles. The first-order valence-corrected chi connectivity index (χ1v) is 17.8. The molecule has 12 N–H and O–H groups in total. The SMILES string of the molecule is NCCN(CCN)C(=O)CN(CCCC(N)C(=O)NC(Cc1ccc(C(F)(F)F)cc1)C(=O)Nc1cnc2ccccc2c1)CC(=O)N(CCN)CCN. The summed E-state index contributed by atoms with van der Waals surface area (Å²) in [6, 6.07) is 10.9. The van der Waals surface area contributed by atoms with Gasteiger partial charge in [0, 0.05) is 64.2 Å². The van der Waals surface area contributed by atoms with Gasteiger partial charge in [0.1, 0.15) is 6.04 Å². The maximum Gasteiger partial charge on any atom is 0.416 e. The number of amides is 4. The van der Waals surface area contributed by atoms with E-state index in [1.54, 1.807) is 11.0 Å². The topological polar surface area (TPSA) is 245 Å². The molecule has 0 aliphatic rings. The van der Waals surface area contributed by atoms with Gasteiger partial charge in [0.15, 0.2) is 0 Å². The average Bonchev–Trinajstić information content (AvgIpc) is 3.13. The molecule has 1 heterocycles. The van der Waals surface area contributed by atoms with Crippen molar-refractivity contribution in [3.05, 3.63) is 71.9 Å². The normalized spacial score (nSPS) is 12.7. The van der Waals surface area contributed by atoms with Gasteiger partial charge in [-0.15, -0.1) is 0 Å². The number of alkyl halides is 3. The number of carbonyl (C=O) groups is 4. The number of carbonyl (C=O) groups excluding carboxylic acids is 4. The largest absolute Gasteiger partial charge is 0.416 e. The van der Waals surface area contributed by atoms with E-state index < -0.39 is 35.6 Å². The zero-order chi connectivity index (χ0) is 39.7. The van der Waals surface area contributed by atoms with E-state index in [0.717, 1.165) is 17.5 Å². The van der Waals surface area contributed by atoms with Gasteiger partial charge in [-0.1, -0.05) is 30.3 Å². The second-order valence-electron chi connectivity index (χ2n) is 12.7. The summed E-state index contributed by atoms with van der Waals surface area (Å²) in [5.41, 5.74) is 29.6. The predicted octanol–water partition coefficient (Wildman–Crippen LogP) is -0.179. The van der Waals surface area contributed by atoms with Crippen LogP contribution >= 0.6 is 0 Å². The molecule has 15 nitrogen and oxygen atoms in total. The van der Waals surface area contributed by atoms with E-state index in [4.69, 9.17) is 28.7 Å². The maximum atomic E-state index is 13.6. The average molecular weight is 760 g/mol. The first-order chi connectivity index (χ1) is 25.8. The van der Waals surface area contributed by atoms with E-state index in [9.17, 15) is 32.3 Å². The number of nitrogens with one attached hydrogen (secondary N) is 2. The summed E-state index contributed by atoms with van der Waals surface area (Å²) in [6.07, 6.45) is -2.82. The molecule has 296 valence electrons. The van der Waals surface area contributed by atoms with Crippen molar-refractivity contribution < 1.29 is 32.3 Å². The van der Waals surface area contributed by atoms with Crippen molar-refractivity contribution in [1.29, 1.82) is 0 Å². The van der Waals surface area contributed by atoms with Gasteiger partial charge in [0.25, 0.3) is 0 Å². The Morgan fingerprint density at radius 2 is 1.31 bits per heavy atom. The summed E-state index contributed by atoms with van der Waals surface area (Å²) in [5, 5.41) is 6.15. The lowest BCUT2D eigenvalue weighted by atomic mass is 10.0. The molecular weight excluding hydrogens is 707 g/mol. The van der Waals surface area contributed by atoms with Crippen molar-refractivity contribution in [3.63, 3.8) is 0 Å². The minimum Gasteiger partial charge on any atom is -0.343 e. The molecule has 0 saturated carbocycles. The van der Waals surface area contributed by atoms with Gasteiger partial charge in [-0.3, -0.25) is 29.1 Å². The van der Waals surface area contributed by atoms with Gasteiger partial charge >= 0.3 is 6.18 Å². The monoisotopic (exact) mass is 759 g/mol. The van der Waals surface area contributed by atoms with E-state index >= 15 is 0 Å². The smallest absolute Gasteiger partial charge is 0.343 e. The molecule has 2 atom stereocenters. The van der Waals surface area contributed by atoms with Crippen molar-refractivity contribution in [2.24, 2.45) is 28.7 Å². The lowest BCUT2D eigenvalue weighted by Crippen LogP contribution is -2.51. The Kier molecular flexibility index (Phi) is 17.7. The summed E-state index contributed by atoms with van der Waals surface area (Å²) < 4.78 is 39.6. The van der Waals surface area contributed by atoms with Crippen LogP contribution in [0.5, 0.6) is 0 Å². The molecule has 0 bridgehead atoms. The quantitative estimate of drug-likeness (QED) is 0.0709. The van der Waals surface area contributed by atoms with Gasteiger partial charge in [0.2, 0.25) is 23.6 Å². The number of anilines is 1. The molecule has 0 radical (unpaired) electrons. The second-order valence-corrected chi connectivity index (χ2v) is 12.7. The number of hydrogen-bond donors (Lipinski definition) is 7. The van der Waals surface area contributed by atoms with Crippen LogP contribution in [0.1, 0.15) is 24.0 Å². The number of rotatable bonds is 22. The Morgan fingerprint density at radius 1 is 0.759 bits per heavy atom. The molecule has 3 rings (SSSR count). The summed E-state index contributed by atoms with van der Waals surface area (Å²) in [6.45, 7) is 2.03. The van der Waals surface area contributed by atoms with Gasteiger partial charge in [0.05, 0.1) is 42.1 Å². The van der Waals surface area contributed by atoms with Crippen molar-refractivity contribution in [2.75, 3.05) is 77.3 Å². The first-order valence-electron chi connectivity index (χ1n) is 17.8. The highest BCUT2D eigenvalue weighted by molar-refractivity contribution is 5.99. The summed E-state index contributed by atoms with van der Waals surface area (Å²) in [5.74, 6) is -1.85. The zero-order valence-corrected chi connectivity index (χ0v) is 30.3. The van der Waals surface area contributed by atoms with Crippen LogP contribution in [0.3, 0.4) is 0 Å². The summed E-state index contributed by atoms with van der Waals surface area (Å²) >= 11 is 0. The second kappa shape index (κ2) is 21.9. The molecule has 0 saturated heterocycles. The standard InChI is InChI=1S/C36H52F3N11O4/c37-36(38,39)27-9-7-25(8-10-27)20-31(35(54)46-28-21-26-4-1-2-6-30(26)45-22-28)47-34(53)29(44)5-3-15-48(23-32(51)49(16-11-40)17-12-41)24-33(52)50(18-13-42)19-14-43/h1-2,4,6-10,21-22,29,31H,3,5,11-20,23-24,40-44H2,(H,46,54)(H,47,53). The third-order valence-corrected chi connectivity index (χ3v) is 8.56. The van der Waals surface area contributed by atoms with Gasteiger partial charge < -0.3 is 49.1 Å². The number of aromatic nitrogens is 1. The molecule has 0 fully saturated rings. The molecule has 2 unspecified atom stereocenters. The van der Waals surface area contributed by atoms with Crippen LogP contribution in [0.15, 0.2) is 60.8 Å². The number of benzene rings is 2. The van der Waals surface area contributed by atoms with Crippen LogP contribution in [0.2, 0.25) is 0 Å². The molecular formula is C36H52F3N11O4. The number of nitrogens with zero attached hydrogens (tertiary/aromatic N) is 4. The third kappa shape index (κ3) is 13.9. The number of pyridine rings is 1. The van der Waals surface area contributed by atoms with Crippen LogP contribution < -0.4 is 39.3 Å². The number of hydrogen-bond acceptors (Lipinski definition) is 11. The van der Waals surface area contributed by atoms with E-state index in [0.29, 0.717) is 16.8 Å².